The summed E-state index contributed by atoms with van der Waals surface area (Å²) in [7, 11) is 0. The van der Waals surface area contributed by atoms with Crippen molar-refractivity contribution in [2.24, 2.45) is 35.0 Å². The largest absolute Gasteiger partial charge is 0.390 e. The Morgan fingerprint density at radius 2 is 1.88 bits per heavy atom. The van der Waals surface area contributed by atoms with E-state index in [4.69, 9.17) is 0 Å². The van der Waals surface area contributed by atoms with Crippen molar-refractivity contribution in [3.05, 3.63) is 0 Å². The third-order valence-electron chi connectivity index (χ3n) is 6.35. The zero-order valence-electron chi connectivity index (χ0n) is 11.2. The summed E-state index contributed by atoms with van der Waals surface area (Å²) in [6.45, 7) is 9.27. The second-order valence-electron chi connectivity index (χ2n) is 7.36. The molecule has 0 aromatic rings. The smallest absolute Gasteiger partial charge is 0.0656 e. The summed E-state index contributed by atoms with van der Waals surface area (Å²) in [6.07, 6.45) is 5.13. The van der Waals surface area contributed by atoms with E-state index in [9.17, 15) is 5.11 Å². The van der Waals surface area contributed by atoms with Gasteiger partial charge in [0.15, 0.2) is 0 Å². The number of hydrogen-bond acceptors (Lipinski definition) is 1. The zero-order valence-corrected chi connectivity index (χ0v) is 11.2. The minimum Gasteiger partial charge on any atom is -0.390 e. The highest BCUT2D eigenvalue weighted by molar-refractivity contribution is 5.26. The second-order valence-corrected chi connectivity index (χ2v) is 7.36. The van der Waals surface area contributed by atoms with Gasteiger partial charge in [0.1, 0.15) is 0 Å². The van der Waals surface area contributed by atoms with Gasteiger partial charge in [-0.15, -0.1) is 0 Å². The molecule has 0 unspecified atom stereocenters. The first-order valence-electron chi connectivity index (χ1n) is 7.13. The van der Waals surface area contributed by atoms with E-state index in [-0.39, 0.29) is 5.60 Å². The van der Waals surface area contributed by atoms with Gasteiger partial charge in [0.2, 0.25) is 0 Å². The van der Waals surface area contributed by atoms with Crippen LogP contribution in [0.15, 0.2) is 0 Å². The van der Waals surface area contributed by atoms with Gasteiger partial charge in [-0.3, -0.25) is 0 Å². The lowest BCUT2D eigenvalue weighted by Gasteiger charge is -2.36. The molecule has 0 aliphatic heterocycles. The molecule has 0 radical (unpaired) electrons. The van der Waals surface area contributed by atoms with Crippen LogP contribution in [0, 0.1) is 35.0 Å². The molecular weight excluding hydrogens is 196 g/mol. The minimum atomic E-state index is -0.351. The topological polar surface area (TPSA) is 20.2 Å². The molecule has 0 heterocycles. The Morgan fingerprint density at radius 3 is 2.50 bits per heavy atom. The normalized spacial score (nSPS) is 59.6. The van der Waals surface area contributed by atoms with Crippen LogP contribution in [-0.2, 0) is 0 Å². The molecule has 0 amide bonds. The van der Waals surface area contributed by atoms with Crippen molar-refractivity contribution in [2.75, 3.05) is 0 Å². The fraction of sp³-hybridized carbons (Fsp3) is 1.00. The molecule has 3 aliphatic carbocycles. The Morgan fingerprint density at radius 1 is 1.19 bits per heavy atom. The van der Waals surface area contributed by atoms with E-state index in [1.807, 2.05) is 0 Å². The first-order valence-corrected chi connectivity index (χ1v) is 7.13. The Bertz CT molecular complexity index is 307. The number of rotatable bonds is 1. The number of fused-ring (bicyclic) bond motifs is 1. The molecular formula is C15H26O. The number of aliphatic hydroxyl groups is 1. The van der Waals surface area contributed by atoms with Crippen LogP contribution in [0.4, 0.5) is 0 Å². The molecule has 1 nitrogen and oxygen atoms in total. The van der Waals surface area contributed by atoms with Crippen molar-refractivity contribution in [3.63, 3.8) is 0 Å². The zero-order chi connectivity index (χ0) is 11.7. The predicted octanol–water partition coefficient (Wildman–Crippen LogP) is 3.47. The Labute approximate surface area is 99.6 Å². The lowest BCUT2D eigenvalue weighted by atomic mass is 9.69. The Hall–Kier alpha value is -0.0400. The van der Waals surface area contributed by atoms with E-state index in [1.54, 1.807) is 0 Å². The monoisotopic (exact) mass is 222 g/mol. The average Bonchev–Trinajstić information content (AvgIpc) is 2.79. The molecule has 1 spiro atoms. The van der Waals surface area contributed by atoms with E-state index < -0.39 is 0 Å². The highest BCUT2D eigenvalue weighted by atomic mass is 16.3. The molecule has 3 rings (SSSR count). The van der Waals surface area contributed by atoms with Gasteiger partial charge < -0.3 is 5.11 Å². The van der Waals surface area contributed by atoms with E-state index in [0.29, 0.717) is 11.3 Å². The standard InChI is InChI=1S/C15H26O/c1-9(2)11-6-5-10(3)15-8-7-14(4,16)13(15)12(11)15/h9-13,16H,5-8H2,1-4H3/t10-,11+,12-,13+,14+,15-/m0/s1. The molecule has 1 N–H and O–H groups in total. The highest BCUT2D eigenvalue weighted by Gasteiger charge is 2.77. The van der Waals surface area contributed by atoms with E-state index in [0.717, 1.165) is 30.1 Å². The van der Waals surface area contributed by atoms with Gasteiger partial charge in [-0.2, -0.15) is 0 Å². The average molecular weight is 222 g/mol. The van der Waals surface area contributed by atoms with Crippen molar-refractivity contribution >= 4 is 0 Å². The maximum absolute atomic E-state index is 10.5. The van der Waals surface area contributed by atoms with Gasteiger partial charge in [-0.05, 0) is 67.6 Å². The summed E-state index contributed by atoms with van der Waals surface area (Å²) in [5.74, 6) is 4.01. The summed E-state index contributed by atoms with van der Waals surface area (Å²) in [5, 5.41) is 10.5. The van der Waals surface area contributed by atoms with Crippen molar-refractivity contribution in [2.45, 2.75) is 59.0 Å². The quantitative estimate of drug-likeness (QED) is 0.720. The molecule has 6 atom stereocenters. The molecule has 0 saturated heterocycles. The van der Waals surface area contributed by atoms with Gasteiger partial charge in [0.25, 0.3) is 0 Å². The van der Waals surface area contributed by atoms with Crippen LogP contribution in [0.25, 0.3) is 0 Å². The first-order chi connectivity index (χ1) is 7.41. The van der Waals surface area contributed by atoms with Crippen LogP contribution in [0.1, 0.15) is 53.4 Å². The molecule has 3 saturated carbocycles. The van der Waals surface area contributed by atoms with Crippen molar-refractivity contribution in [1.29, 1.82) is 0 Å². The Kier molecular flexibility index (Phi) is 2.11. The lowest BCUT2D eigenvalue weighted by Crippen LogP contribution is -2.30. The van der Waals surface area contributed by atoms with Gasteiger partial charge >= 0.3 is 0 Å². The van der Waals surface area contributed by atoms with E-state index in [2.05, 4.69) is 27.7 Å². The minimum absolute atomic E-state index is 0.351. The molecule has 3 aliphatic rings. The molecule has 92 valence electrons. The van der Waals surface area contributed by atoms with Crippen LogP contribution in [0.5, 0.6) is 0 Å². The highest BCUT2D eigenvalue weighted by Crippen LogP contribution is 2.80. The molecule has 1 heteroatoms. The second kappa shape index (κ2) is 3.04. The first kappa shape index (κ1) is 11.1. The van der Waals surface area contributed by atoms with Crippen LogP contribution in [-0.4, -0.2) is 10.7 Å². The van der Waals surface area contributed by atoms with E-state index >= 15 is 0 Å². The fourth-order valence-corrected chi connectivity index (χ4v) is 5.57. The van der Waals surface area contributed by atoms with Gasteiger partial charge in [-0.1, -0.05) is 20.8 Å². The third-order valence-corrected chi connectivity index (χ3v) is 6.35. The van der Waals surface area contributed by atoms with Crippen LogP contribution in [0.2, 0.25) is 0 Å². The molecule has 0 aromatic heterocycles. The lowest BCUT2D eigenvalue weighted by molar-refractivity contribution is 0.0291. The summed E-state index contributed by atoms with van der Waals surface area (Å²) in [4.78, 5) is 0. The predicted molar refractivity (Wildman–Crippen MR) is 66.0 cm³/mol. The summed E-state index contributed by atoms with van der Waals surface area (Å²) < 4.78 is 0. The summed E-state index contributed by atoms with van der Waals surface area (Å²) in [6, 6.07) is 0. The maximum atomic E-state index is 10.5. The van der Waals surface area contributed by atoms with Crippen LogP contribution >= 0.6 is 0 Å². The Balaban J connectivity index is 1.92. The fourth-order valence-electron chi connectivity index (χ4n) is 5.57. The van der Waals surface area contributed by atoms with Gasteiger partial charge in [0, 0.05) is 0 Å². The van der Waals surface area contributed by atoms with Crippen LogP contribution in [0.3, 0.4) is 0 Å². The van der Waals surface area contributed by atoms with Crippen molar-refractivity contribution < 1.29 is 5.11 Å². The third kappa shape index (κ3) is 1.11. The van der Waals surface area contributed by atoms with Crippen molar-refractivity contribution in [1.82, 2.24) is 0 Å². The van der Waals surface area contributed by atoms with E-state index in [1.165, 1.54) is 19.3 Å². The van der Waals surface area contributed by atoms with Gasteiger partial charge in [0.05, 0.1) is 5.60 Å². The molecule has 16 heavy (non-hydrogen) atoms. The molecule has 3 fully saturated rings. The van der Waals surface area contributed by atoms with Crippen LogP contribution < -0.4 is 0 Å². The van der Waals surface area contributed by atoms with Gasteiger partial charge in [-0.25, -0.2) is 0 Å². The summed E-state index contributed by atoms with van der Waals surface area (Å²) >= 11 is 0. The molecule has 0 bridgehead atoms. The summed E-state index contributed by atoms with van der Waals surface area (Å²) in [5.41, 5.74) is 0.201. The SMILES string of the molecule is CC(C)[C@H]1CC[C@H](C)[C@]23CC[C@@](C)(O)[C@H]2[C@H]13. The van der Waals surface area contributed by atoms with Crippen molar-refractivity contribution in [3.8, 4) is 0 Å². The number of hydrogen-bond donors (Lipinski definition) is 1. The maximum Gasteiger partial charge on any atom is 0.0656 e. The molecule has 0 aromatic carbocycles.